The van der Waals surface area contributed by atoms with E-state index in [1.807, 2.05) is 19.9 Å². The van der Waals surface area contributed by atoms with Crippen LogP contribution in [0.5, 0.6) is 0 Å². The van der Waals surface area contributed by atoms with Crippen molar-refractivity contribution in [3.8, 4) is 0 Å². The van der Waals surface area contributed by atoms with Gasteiger partial charge in [-0.2, -0.15) is 0 Å². The van der Waals surface area contributed by atoms with E-state index < -0.39 is 5.60 Å². The first kappa shape index (κ1) is 9.70. The van der Waals surface area contributed by atoms with Crippen LogP contribution in [0.3, 0.4) is 0 Å². The number of hydrogen-bond donors (Lipinski definition) is 1. The van der Waals surface area contributed by atoms with Gasteiger partial charge in [-0.15, -0.1) is 6.58 Å². The molecule has 0 spiro atoms. The Morgan fingerprint density at radius 3 is 2.40 bits per heavy atom. The van der Waals surface area contributed by atoms with E-state index in [9.17, 15) is 5.11 Å². The maximum Gasteiger partial charge on any atom is 0.0592 e. The van der Waals surface area contributed by atoms with Crippen LogP contribution in [0.15, 0.2) is 12.7 Å². The quantitative estimate of drug-likeness (QED) is 0.597. The molecule has 1 unspecified atom stereocenters. The predicted octanol–water partition coefficient (Wildman–Crippen LogP) is 2.36. The summed E-state index contributed by atoms with van der Waals surface area (Å²) in [4.78, 5) is 0. The average molecular weight is 142 g/mol. The Labute approximate surface area is 63.8 Å². The Morgan fingerprint density at radius 1 is 1.60 bits per heavy atom. The maximum absolute atomic E-state index is 9.33. The molecule has 0 fully saturated rings. The zero-order valence-corrected chi connectivity index (χ0v) is 7.22. The van der Waals surface area contributed by atoms with Gasteiger partial charge in [0.1, 0.15) is 0 Å². The molecule has 0 aromatic heterocycles. The zero-order valence-electron chi connectivity index (χ0n) is 7.22. The van der Waals surface area contributed by atoms with E-state index in [2.05, 4.69) is 13.5 Å². The molecule has 1 atom stereocenters. The van der Waals surface area contributed by atoms with Gasteiger partial charge in [-0.05, 0) is 32.6 Å². The van der Waals surface area contributed by atoms with Crippen molar-refractivity contribution in [3.05, 3.63) is 12.7 Å². The molecule has 0 aliphatic heterocycles. The second-order valence-electron chi connectivity index (χ2n) is 3.56. The number of allylic oxidation sites excluding steroid dienone is 1. The molecule has 60 valence electrons. The van der Waals surface area contributed by atoms with Crippen LogP contribution in [0.1, 0.15) is 33.6 Å². The molecule has 0 bridgehead atoms. The highest BCUT2D eigenvalue weighted by molar-refractivity contribution is 4.77. The lowest BCUT2D eigenvalue weighted by Crippen LogP contribution is -2.18. The third-order valence-corrected chi connectivity index (χ3v) is 1.61. The molecule has 0 aromatic rings. The molecule has 0 saturated heterocycles. The number of rotatable bonds is 4. The molecule has 0 saturated carbocycles. The molecule has 0 aromatic carbocycles. The Morgan fingerprint density at radius 2 is 2.10 bits per heavy atom. The average Bonchev–Trinajstić information content (AvgIpc) is 1.81. The minimum absolute atomic E-state index is 0.517. The topological polar surface area (TPSA) is 20.2 Å². The lowest BCUT2D eigenvalue weighted by atomic mass is 9.96. The van der Waals surface area contributed by atoms with Crippen molar-refractivity contribution in [1.82, 2.24) is 0 Å². The smallest absolute Gasteiger partial charge is 0.0592 e. The molecular formula is C9H18O. The summed E-state index contributed by atoms with van der Waals surface area (Å²) in [5.41, 5.74) is -0.517. The molecule has 0 heterocycles. The van der Waals surface area contributed by atoms with Crippen molar-refractivity contribution in [2.45, 2.75) is 39.2 Å². The summed E-state index contributed by atoms with van der Waals surface area (Å²) in [6.45, 7) is 9.46. The summed E-state index contributed by atoms with van der Waals surface area (Å²) in [6.07, 6.45) is 3.79. The Kier molecular flexibility index (Phi) is 3.66. The van der Waals surface area contributed by atoms with E-state index in [0.717, 1.165) is 12.8 Å². The first-order valence-corrected chi connectivity index (χ1v) is 3.80. The molecule has 10 heavy (non-hydrogen) atoms. The fourth-order valence-electron chi connectivity index (χ4n) is 0.699. The van der Waals surface area contributed by atoms with Gasteiger partial charge in [-0.3, -0.25) is 0 Å². The molecule has 0 aliphatic rings. The van der Waals surface area contributed by atoms with Crippen molar-refractivity contribution < 1.29 is 5.11 Å². The van der Waals surface area contributed by atoms with Crippen molar-refractivity contribution in [2.75, 3.05) is 0 Å². The maximum atomic E-state index is 9.33. The molecule has 0 aliphatic carbocycles. The van der Waals surface area contributed by atoms with Gasteiger partial charge < -0.3 is 5.11 Å². The highest BCUT2D eigenvalue weighted by atomic mass is 16.3. The van der Waals surface area contributed by atoms with Crippen LogP contribution < -0.4 is 0 Å². The number of hydrogen-bond acceptors (Lipinski definition) is 1. The summed E-state index contributed by atoms with van der Waals surface area (Å²) in [7, 11) is 0. The van der Waals surface area contributed by atoms with Crippen LogP contribution >= 0.6 is 0 Å². The minimum Gasteiger partial charge on any atom is -0.390 e. The molecule has 0 amide bonds. The Hall–Kier alpha value is -0.300. The summed E-state index contributed by atoms with van der Waals surface area (Å²) in [5.74, 6) is 0.520. The van der Waals surface area contributed by atoms with Crippen molar-refractivity contribution in [2.24, 2.45) is 5.92 Å². The van der Waals surface area contributed by atoms with Crippen LogP contribution in [-0.4, -0.2) is 10.7 Å². The van der Waals surface area contributed by atoms with E-state index in [1.54, 1.807) is 0 Å². The van der Waals surface area contributed by atoms with Gasteiger partial charge in [-0.1, -0.05) is 13.0 Å². The highest BCUT2D eigenvalue weighted by Crippen LogP contribution is 2.15. The van der Waals surface area contributed by atoms with Crippen LogP contribution in [0.25, 0.3) is 0 Å². The van der Waals surface area contributed by atoms with Crippen molar-refractivity contribution >= 4 is 0 Å². The van der Waals surface area contributed by atoms with E-state index in [1.165, 1.54) is 0 Å². The lowest BCUT2D eigenvalue weighted by molar-refractivity contribution is 0.0661. The molecular weight excluding hydrogens is 124 g/mol. The largest absolute Gasteiger partial charge is 0.390 e. The molecule has 1 N–H and O–H groups in total. The van der Waals surface area contributed by atoms with E-state index >= 15 is 0 Å². The SMILES string of the molecule is C=CC(C)CCC(C)(C)O. The molecule has 0 rings (SSSR count). The van der Waals surface area contributed by atoms with Gasteiger partial charge >= 0.3 is 0 Å². The first-order valence-electron chi connectivity index (χ1n) is 3.80. The fourth-order valence-corrected chi connectivity index (χ4v) is 0.699. The second-order valence-corrected chi connectivity index (χ2v) is 3.56. The normalized spacial score (nSPS) is 14.8. The third kappa shape index (κ3) is 5.83. The Bertz CT molecular complexity index is 99.8. The highest BCUT2D eigenvalue weighted by Gasteiger charge is 2.12. The van der Waals surface area contributed by atoms with Crippen molar-refractivity contribution in [3.63, 3.8) is 0 Å². The van der Waals surface area contributed by atoms with E-state index in [4.69, 9.17) is 0 Å². The Balaban J connectivity index is 3.45. The fraction of sp³-hybridized carbons (Fsp3) is 0.778. The lowest BCUT2D eigenvalue weighted by Gasteiger charge is -2.17. The number of aliphatic hydroxyl groups is 1. The van der Waals surface area contributed by atoms with Crippen LogP contribution in [0.4, 0.5) is 0 Å². The first-order chi connectivity index (χ1) is 4.45. The summed E-state index contributed by atoms with van der Waals surface area (Å²) in [5, 5.41) is 9.33. The van der Waals surface area contributed by atoms with Gasteiger partial charge in [0, 0.05) is 0 Å². The van der Waals surface area contributed by atoms with Gasteiger partial charge in [0.25, 0.3) is 0 Å². The van der Waals surface area contributed by atoms with Crippen molar-refractivity contribution in [1.29, 1.82) is 0 Å². The summed E-state index contributed by atoms with van der Waals surface area (Å²) < 4.78 is 0. The van der Waals surface area contributed by atoms with Crippen LogP contribution in [0, 0.1) is 5.92 Å². The van der Waals surface area contributed by atoms with Gasteiger partial charge in [0.15, 0.2) is 0 Å². The molecule has 0 radical (unpaired) electrons. The van der Waals surface area contributed by atoms with Gasteiger partial charge in [0.05, 0.1) is 5.60 Å². The predicted molar refractivity (Wildman–Crippen MR) is 44.9 cm³/mol. The van der Waals surface area contributed by atoms with E-state index in [0.29, 0.717) is 5.92 Å². The minimum atomic E-state index is -0.517. The monoisotopic (exact) mass is 142 g/mol. The standard InChI is InChI=1S/C9H18O/c1-5-8(2)6-7-9(3,4)10/h5,8,10H,1,6-7H2,2-4H3. The summed E-state index contributed by atoms with van der Waals surface area (Å²) >= 11 is 0. The third-order valence-electron chi connectivity index (χ3n) is 1.61. The second kappa shape index (κ2) is 3.77. The van der Waals surface area contributed by atoms with Gasteiger partial charge in [0.2, 0.25) is 0 Å². The zero-order chi connectivity index (χ0) is 8.20. The van der Waals surface area contributed by atoms with Crippen LogP contribution in [0.2, 0.25) is 0 Å². The van der Waals surface area contributed by atoms with Crippen LogP contribution in [-0.2, 0) is 0 Å². The van der Waals surface area contributed by atoms with E-state index in [-0.39, 0.29) is 0 Å². The molecule has 1 nitrogen and oxygen atoms in total. The van der Waals surface area contributed by atoms with Gasteiger partial charge in [-0.25, -0.2) is 0 Å². The molecule has 1 heteroatoms. The summed E-state index contributed by atoms with van der Waals surface area (Å²) in [6, 6.07) is 0.